The molecule has 2 aromatic carbocycles. The van der Waals surface area contributed by atoms with E-state index in [0.717, 1.165) is 49.6 Å². The van der Waals surface area contributed by atoms with Gasteiger partial charge in [-0.15, -0.1) is 0 Å². The summed E-state index contributed by atoms with van der Waals surface area (Å²) in [5, 5.41) is 0. The smallest absolute Gasteiger partial charge is 0.263 e. The molecule has 1 fully saturated rings. The highest BCUT2D eigenvalue weighted by Gasteiger charge is 2.27. The number of amides is 1. The summed E-state index contributed by atoms with van der Waals surface area (Å²) in [4.78, 5) is 19.2. The number of para-hydroxylation sites is 1. The maximum atomic E-state index is 12.8. The number of hydrogen-bond acceptors (Lipinski definition) is 3. The molecule has 1 aliphatic rings. The van der Waals surface area contributed by atoms with Gasteiger partial charge in [0.05, 0.1) is 0 Å². The molecule has 1 amide bonds. The SMILES string of the molecule is C[C@@H](Oc1ccccc1)C(=O)N1CCC(Cn2ccnc2-c2ccccc2)CC1. The Labute approximate surface area is 171 Å². The van der Waals surface area contributed by atoms with E-state index in [1.54, 1.807) is 0 Å². The van der Waals surface area contributed by atoms with Crippen LogP contribution < -0.4 is 4.74 Å². The molecule has 2 heterocycles. The average molecular weight is 389 g/mol. The van der Waals surface area contributed by atoms with Crippen LogP contribution in [0.15, 0.2) is 73.1 Å². The van der Waals surface area contributed by atoms with E-state index >= 15 is 0 Å². The average Bonchev–Trinajstić information content (AvgIpc) is 3.23. The standard InChI is InChI=1S/C24H27N3O2/c1-19(29-22-10-6-3-7-11-22)24(28)26-15-12-20(13-16-26)18-27-17-14-25-23(27)21-8-4-2-5-9-21/h2-11,14,17,19-20H,12-13,15-16,18H2,1H3/t19-/m1/s1. The molecule has 1 aliphatic heterocycles. The Morgan fingerprint density at radius 1 is 1.07 bits per heavy atom. The van der Waals surface area contributed by atoms with Crippen molar-refractivity contribution in [1.29, 1.82) is 0 Å². The Bertz CT molecular complexity index is 916. The molecule has 0 radical (unpaired) electrons. The molecule has 150 valence electrons. The minimum Gasteiger partial charge on any atom is -0.481 e. The Kier molecular flexibility index (Phi) is 5.94. The molecule has 29 heavy (non-hydrogen) atoms. The number of aromatic nitrogens is 2. The Morgan fingerprint density at radius 3 is 2.41 bits per heavy atom. The number of carbonyl (C=O) groups is 1. The Balaban J connectivity index is 1.31. The van der Waals surface area contributed by atoms with Crippen molar-refractivity contribution in [2.45, 2.75) is 32.4 Å². The van der Waals surface area contributed by atoms with Crippen molar-refractivity contribution in [2.24, 2.45) is 5.92 Å². The maximum absolute atomic E-state index is 12.8. The van der Waals surface area contributed by atoms with E-state index < -0.39 is 6.10 Å². The van der Waals surface area contributed by atoms with Crippen LogP contribution in [0.4, 0.5) is 0 Å². The summed E-state index contributed by atoms with van der Waals surface area (Å²) in [6.45, 7) is 4.32. The van der Waals surface area contributed by atoms with E-state index in [2.05, 4.69) is 27.9 Å². The molecule has 5 nitrogen and oxygen atoms in total. The van der Waals surface area contributed by atoms with Gasteiger partial charge in [-0.3, -0.25) is 4.79 Å². The molecule has 0 spiro atoms. The van der Waals surface area contributed by atoms with Crippen molar-refractivity contribution < 1.29 is 9.53 Å². The fourth-order valence-electron chi connectivity index (χ4n) is 3.93. The van der Waals surface area contributed by atoms with Crippen molar-refractivity contribution in [3.63, 3.8) is 0 Å². The third kappa shape index (κ3) is 4.67. The van der Waals surface area contributed by atoms with Crippen LogP contribution in [0, 0.1) is 5.92 Å². The minimum absolute atomic E-state index is 0.0694. The van der Waals surface area contributed by atoms with Gasteiger partial charge in [-0.05, 0) is 37.8 Å². The fraction of sp³-hybridized carbons (Fsp3) is 0.333. The van der Waals surface area contributed by atoms with Gasteiger partial charge in [0.15, 0.2) is 6.10 Å². The third-order valence-electron chi connectivity index (χ3n) is 5.53. The van der Waals surface area contributed by atoms with Crippen molar-refractivity contribution >= 4 is 5.91 Å². The van der Waals surface area contributed by atoms with Crippen LogP contribution in [0.25, 0.3) is 11.4 Å². The Morgan fingerprint density at radius 2 is 1.72 bits per heavy atom. The number of piperidine rings is 1. The zero-order chi connectivity index (χ0) is 20.1. The van der Waals surface area contributed by atoms with Gasteiger partial charge in [-0.2, -0.15) is 0 Å². The number of hydrogen-bond donors (Lipinski definition) is 0. The normalized spacial score (nSPS) is 15.8. The highest BCUT2D eigenvalue weighted by Crippen LogP contribution is 2.24. The summed E-state index contributed by atoms with van der Waals surface area (Å²) in [6, 6.07) is 19.8. The number of benzene rings is 2. The molecule has 1 aromatic heterocycles. The molecule has 0 bridgehead atoms. The third-order valence-corrected chi connectivity index (χ3v) is 5.53. The van der Waals surface area contributed by atoms with Gasteiger partial charge in [-0.1, -0.05) is 48.5 Å². The molecule has 0 unspecified atom stereocenters. The molecule has 1 saturated heterocycles. The number of imidazole rings is 1. The first-order chi connectivity index (χ1) is 14.2. The van der Waals surface area contributed by atoms with Gasteiger partial charge < -0.3 is 14.2 Å². The summed E-state index contributed by atoms with van der Waals surface area (Å²) in [6.07, 6.45) is 5.44. The maximum Gasteiger partial charge on any atom is 0.263 e. The number of ether oxygens (including phenoxy) is 1. The molecule has 5 heteroatoms. The number of nitrogens with zero attached hydrogens (tertiary/aromatic N) is 3. The minimum atomic E-state index is -0.465. The first-order valence-electron chi connectivity index (χ1n) is 10.3. The molecule has 1 atom stereocenters. The molecule has 0 aliphatic carbocycles. The topological polar surface area (TPSA) is 47.4 Å². The van der Waals surface area contributed by atoms with Crippen LogP contribution in [-0.2, 0) is 11.3 Å². The molecule has 3 aromatic rings. The van der Waals surface area contributed by atoms with Gasteiger partial charge in [0.1, 0.15) is 11.6 Å². The highest BCUT2D eigenvalue weighted by molar-refractivity contribution is 5.81. The highest BCUT2D eigenvalue weighted by atomic mass is 16.5. The van der Waals surface area contributed by atoms with E-state index in [1.165, 1.54) is 0 Å². The summed E-state index contributed by atoms with van der Waals surface area (Å²) < 4.78 is 8.04. The van der Waals surface area contributed by atoms with Crippen LogP contribution in [0.2, 0.25) is 0 Å². The number of carbonyl (C=O) groups excluding carboxylic acids is 1. The number of likely N-dealkylation sites (tertiary alicyclic amines) is 1. The first-order valence-corrected chi connectivity index (χ1v) is 10.3. The number of rotatable bonds is 6. The van der Waals surface area contributed by atoms with E-state index in [9.17, 15) is 4.79 Å². The lowest BCUT2D eigenvalue weighted by molar-refractivity contribution is -0.139. The Hall–Kier alpha value is -3.08. The monoisotopic (exact) mass is 389 g/mol. The van der Waals surface area contributed by atoms with E-state index in [4.69, 9.17) is 4.74 Å². The van der Waals surface area contributed by atoms with Crippen molar-refractivity contribution in [1.82, 2.24) is 14.5 Å². The zero-order valence-corrected chi connectivity index (χ0v) is 16.8. The quantitative estimate of drug-likeness (QED) is 0.633. The fourth-order valence-corrected chi connectivity index (χ4v) is 3.93. The van der Waals surface area contributed by atoms with Crippen LogP contribution in [0.3, 0.4) is 0 Å². The van der Waals surface area contributed by atoms with E-state index in [-0.39, 0.29) is 5.91 Å². The van der Waals surface area contributed by atoms with E-state index in [0.29, 0.717) is 5.92 Å². The summed E-state index contributed by atoms with van der Waals surface area (Å²) >= 11 is 0. The van der Waals surface area contributed by atoms with Crippen LogP contribution >= 0.6 is 0 Å². The van der Waals surface area contributed by atoms with Crippen LogP contribution in [0.1, 0.15) is 19.8 Å². The molecular weight excluding hydrogens is 362 g/mol. The lowest BCUT2D eigenvalue weighted by atomic mass is 9.96. The molecular formula is C24H27N3O2. The van der Waals surface area contributed by atoms with Crippen LogP contribution in [0.5, 0.6) is 5.75 Å². The first kappa shape index (κ1) is 19.2. The van der Waals surface area contributed by atoms with Crippen molar-refractivity contribution in [2.75, 3.05) is 13.1 Å². The van der Waals surface area contributed by atoms with Gasteiger partial charge in [0.2, 0.25) is 0 Å². The van der Waals surface area contributed by atoms with Gasteiger partial charge in [0.25, 0.3) is 5.91 Å². The summed E-state index contributed by atoms with van der Waals surface area (Å²) in [5.74, 6) is 2.35. The largest absolute Gasteiger partial charge is 0.481 e. The zero-order valence-electron chi connectivity index (χ0n) is 16.8. The molecule has 4 rings (SSSR count). The molecule has 0 N–H and O–H groups in total. The predicted octanol–water partition coefficient (Wildman–Crippen LogP) is 4.26. The van der Waals surface area contributed by atoms with Gasteiger partial charge >= 0.3 is 0 Å². The second-order valence-corrected chi connectivity index (χ2v) is 7.61. The summed E-state index contributed by atoms with van der Waals surface area (Å²) in [5.41, 5.74) is 1.14. The molecule has 0 saturated carbocycles. The van der Waals surface area contributed by atoms with Gasteiger partial charge in [-0.25, -0.2) is 4.98 Å². The predicted molar refractivity (Wildman–Crippen MR) is 113 cm³/mol. The van der Waals surface area contributed by atoms with Gasteiger partial charge in [0, 0.05) is 37.6 Å². The van der Waals surface area contributed by atoms with Crippen LogP contribution in [-0.4, -0.2) is 39.6 Å². The lowest BCUT2D eigenvalue weighted by Gasteiger charge is -2.33. The second kappa shape index (κ2) is 8.95. The lowest BCUT2D eigenvalue weighted by Crippen LogP contribution is -2.45. The van der Waals surface area contributed by atoms with E-state index in [1.807, 2.05) is 66.6 Å². The second-order valence-electron chi connectivity index (χ2n) is 7.61. The summed E-state index contributed by atoms with van der Waals surface area (Å²) in [7, 11) is 0. The van der Waals surface area contributed by atoms with Crippen molar-refractivity contribution in [3.8, 4) is 17.1 Å². The van der Waals surface area contributed by atoms with Crippen molar-refractivity contribution in [3.05, 3.63) is 73.1 Å².